The van der Waals surface area contributed by atoms with Crippen molar-refractivity contribution in [2.24, 2.45) is 0 Å². The van der Waals surface area contributed by atoms with Crippen molar-refractivity contribution in [3.8, 4) is 0 Å². The number of alkyl halides is 3. The van der Waals surface area contributed by atoms with Crippen molar-refractivity contribution < 1.29 is 27.5 Å². The number of nitrogens with one attached hydrogen (secondary N) is 1. The molecule has 0 radical (unpaired) electrons. The van der Waals surface area contributed by atoms with Gasteiger partial charge in [0.1, 0.15) is 5.54 Å². The van der Waals surface area contributed by atoms with Gasteiger partial charge in [-0.15, -0.1) is 0 Å². The molecule has 7 heteroatoms. The second-order valence-corrected chi connectivity index (χ2v) is 3.30. The van der Waals surface area contributed by atoms with Gasteiger partial charge in [-0.05, 0) is 20.8 Å². The van der Waals surface area contributed by atoms with Crippen LogP contribution >= 0.6 is 0 Å². The van der Waals surface area contributed by atoms with E-state index in [1.807, 2.05) is 0 Å². The SMILES string of the molecule is CCOC(=O)C(=O)NC(C)(C)C(F)(F)F. The minimum atomic E-state index is -4.63. The molecular formula is C8H12F3NO3. The van der Waals surface area contributed by atoms with Crippen molar-refractivity contribution in [1.82, 2.24) is 5.32 Å². The maximum Gasteiger partial charge on any atom is 0.410 e. The molecule has 0 saturated carbocycles. The molecular weight excluding hydrogens is 215 g/mol. The molecule has 1 N–H and O–H groups in total. The molecule has 1 amide bonds. The minimum absolute atomic E-state index is 0.0707. The Labute approximate surface area is 84.8 Å². The molecule has 0 aliphatic rings. The molecule has 4 nitrogen and oxygen atoms in total. The number of hydrogen-bond donors (Lipinski definition) is 1. The van der Waals surface area contributed by atoms with E-state index in [1.165, 1.54) is 6.92 Å². The lowest BCUT2D eigenvalue weighted by molar-refractivity contribution is -0.190. The predicted molar refractivity (Wildman–Crippen MR) is 44.9 cm³/mol. The monoisotopic (exact) mass is 227 g/mol. The summed E-state index contributed by atoms with van der Waals surface area (Å²) in [5.74, 6) is -2.73. The molecule has 0 aromatic heterocycles. The van der Waals surface area contributed by atoms with Gasteiger partial charge >= 0.3 is 18.1 Å². The van der Waals surface area contributed by atoms with E-state index in [4.69, 9.17) is 0 Å². The van der Waals surface area contributed by atoms with E-state index in [-0.39, 0.29) is 6.61 Å². The molecule has 0 bridgehead atoms. The van der Waals surface area contributed by atoms with Crippen LogP contribution in [-0.4, -0.2) is 30.2 Å². The molecule has 0 fully saturated rings. The number of carbonyl (C=O) groups excluding carboxylic acids is 2. The molecule has 0 unspecified atom stereocenters. The molecule has 0 aliphatic carbocycles. The molecule has 88 valence electrons. The van der Waals surface area contributed by atoms with Crippen LogP contribution in [0, 0.1) is 0 Å². The molecule has 15 heavy (non-hydrogen) atoms. The molecule has 0 spiro atoms. The summed E-state index contributed by atoms with van der Waals surface area (Å²) < 4.78 is 41.1. The zero-order valence-corrected chi connectivity index (χ0v) is 8.57. The van der Waals surface area contributed by atoms with Crippen molar-refractivity contribution in [3.05, 3.63) is 0 Å². The third kappa shape index (κ3) is 3.77. The second kappa shape index (κ2) is 4.50. The van der Waals surface area contributed by atoms with Crippen LogP contribution in [-0.2, 0) is 14.3 Å². The largest absolute Gasteiger partial charge is 0.459 e. The summed E-state index contributed by atoms with van der Waals surface area (Å²) in [7, 11) is 0. The van der Waals surface area contributed by atoms with Crippen molar-refractivity contribution in [1.29, 1.82) is 0 Å². The Morgan fingerprint density at radius 3 is 2.07 bits per heavy atom. The lowest BCUT2D eigenvalue weighted by atomic mass is 10.1. The Morgan fingerprint density at radius 2 is 1.73 bits per heavy atom. The first kappa shape index (κ1) is 13.7. The van der Waals surface area contributed by atoms with Crippen LogP contribution in [0.25, 0.3) is 0 Å². The molecule has 0 rings (SSSR count). The Kier molecular flexibility index (Phi) is 4.12. The first-order valence-corrected chi connectivity index (χ1v) is 4.18. The molecule has 0 atom stereocenters. The highest BCUT2D eigenvalue weighted by atomic mass is 19.4. The zero-order valence-electron chi connectivity index (χ0n) is 8.57. The fourth-order valence-corrected chi connectivity index (χ4v) is 0.602. The third-order valence-corrected chi connectivity index (χ3v) is 1.60. The van der Waals surface area contributed by atoms with Gasteiger partial charge < -0.3 is 10.1 Å². The van der Waals surface area contributed by atoms with E-state index in [2.05, 4.69) is 4.74 Å². The summed E-state index contributed by atoms with van der Waals surface area (Å²) in [4.78, 5) is 21.7. The topological polar surface area (TPSA) is 55.4 Å². The summed E-state index contributed by atoms with van der Waals surface area (Å²) in [6.45, 7) is 2.88. The Morgan fingerprint density at radius 1 is 1.27 bits per heavy atom. The van der Waals surface area contributed by atoms with Gasteiger partial charge in [-0.25, -0.2) is 4.79 Å². The maximum atomic E-state index is 12.3. The quantitative estimate of drug-likeness (QED) is 0.565. The number of halogens is 3. The summed E-state index contributed by atoms with van der Waals surface area (Å²) in [6.07, 6.45) is -4.63. The normalized spacial score (nSPS) is 12.1. The van der Waals surface area contributed by atoms with Crippen LogP contribution in [0.1, 0.15) is 20.8 Å². The Bertz CT molecular complexity index is 260. The first-order valence-electron chi connectivity index (χ1n) is 4.18. The number of esters is 1. The highest BCUT2D eigenvalue weighted by molar-refractivity contribution is 6.32. The van der Waals surface area contributed by atoms with E-state index < -0.39 is 23.6 Å². The highest BCUT2D eigenvalue weighted by Crippen LogP contribution is 2.29. The van der Waals surface area contributed by atoms with E-state index in [0.717, 1.165) is 13.8 Å². The standard InChI is InChI=1S/C8H12F3NO3/c1-4-15-6(14)5(13)12-7(2,3)8(9,10)11/h4H2,1-3H3,(H,12,13). The van der Waals surface area contributed by atoms with Gasteiger partial charge in [0.05, 0.1) is 6.61 Å². The fraction of sp³-hybridized carbons (Fsp3) is 0.750. The molecule has 0 heterocycles. The number of hydrogen-bond acceptors (Lipinski definition) is 3. The van der Waals surface area contributed by atoms with Gasteiger partial charge in [0.25, 0.3) is 0 Å². The summed E-state index contributed by atoms with van der Waals surface area (Å²) in [5, 5.41) is 1.54. The van der Waals surface area contributed by atoms with E-state index in [0.29, 0.717) is 0 Å². The van der Waals surface area contributed by atoms with Gasteiger partial charge in [-0.3, -0.25) is 4.79 Å². The molecule has 0 aromatic rings. The number of rotatable bonds is 2. The smallest absolute Gasteiger partial charge is 0.410 e. The minimum Gasteiger partial charge on any atom is -0.459 e. The van der Waals surface area contributed by atoms with Crippen molar-refractivity contribution in [2.45, 2.75) is 32.5 Å². The average molecular weight is 227 g/mol. The fourth-order valence-electron chi connectivity index (χ4n) is 0.602. The molecule has 0 aromatic carbocycles. The van der Waals surface area contributed by atoms with Crippen LogP contribution in [0.4, 0.5) is 13.2 Å². The number of carbonyl (C=O) groups is 2. The Hall–Kier alpha value is -1.27. The van der Waals surface area contributed by atoms with Gasteiger partial charge in [-0.1, -0.05) is 0 Å². The van der Waals surface area contributed by atoms with Crippen molar-refractivity contribution in [2.75, 3.05) is 6.61 Å². The van der Waals surface area contributed by atoms with E-state index in [9.17, 15) is 22.8 Å². The predicted octanol–water partition coefficient (Wildman–Crippen LogP) is 1.01. The highest BCUT2D eigenvalue weighted by Gasteiger charge is 2.49. The maximum absolute atomic E-state index is 12.3. The van der Waals surface area contributed by atoms with Crippen LogP contribution in [0.2, 0.25) is 0 Å². The summed E-state index contributed by atoms with van der Waals surface area (Å²) in [6, 6.07) is 0. The van der Waals surface area contributed by atoms with Crippen molar-refractivity contribution >= 4 is 11.9 Å². The van der Waals surface area contributed by atoms with Crippen molar-refractivity contribution in [3.63, 3.8) is 0 Å². The number of amides is 1. The molecule has 0 aliphatic heterocycles. The van der Waals surface area contributed by atoms with Gasteiger partial charge in [-0.2, -0.15) is 13.2 Å². The second-order valence-electron chi connectivity index (χ2n) is 3.30. The van der Waals surface area contributed by atoms with Gasteiger partial charge in [0.15, 0.2) is 0 Å². The van der Waals surface area contributed by atoms with Crippen LogP contribution in [0.15, 0.2) is 0 Å². The van der Waals surface area contributed by atoms with Gasteiger partial charge in [0.2, 0.25) is 0 Å². The van der Waals surface area contributed by atoms with E-state index >= 15 is 0 Å². The third-order valence-electron chi connectivity index (χ3n) is 1.60. The summed E-state index contributed by atoms with van der Waals surface area (Å²) >= 11 is 0. The zero-order chi connectivity index (χ0) is 12.3. The number of ether oxygens (including phenoxy) is 1. The van der Waals surface area contributed by atoms with Crippen LogP contribution in [0.3, 0.4) is 0 Å². The lowest BCUT2D eigenvalue weighted by Gasteiger charge is -2.28. The lowest BCUT2D eigenvalue weighted by Crippen LogP contribution is -2.56. The van der Waals surface area contributed by atoms with Crippen LogP contribution in [0.5, 0.6) is 0 Å². The van der Waals surface area contributed by atoms with Crippen LogP contribution < -0.4 is 5.32 Å². The van der Waals surface area contributed by atoms with Gasteiger partial charge in [0, 0.05) is 0 Å². The first-order chi connectivity index (χ1) is 6.62. The van der Waals surface area contributed by atoms with E-state index in [1.54, 1.807) is 5.32 Å². The Balaban J connectivity index is 4.48. The molecule has 0 saturated heterocycles. The average Bonchev–Trinajstić information content (AvgIpc) is 2.01. The summed E-state index contributed by atoms with van der Waals surface area (Å²) in [5.41, 5.74) is -2.46.